The van der Waals surface area contributed by atoms with Crippen LogP contribution >= 0.6 is 0 Å². The zero-order valence-electron chi connectivity index (χ0n) is 16.7. The van der Waals surface area contributed by atoms with Crippen molar-refractivity contribution in [1.29, 1.82) is 0 Å². The summed E-state index contributed by atoms with van der Waals surface area (Å²) in [4.78, 5) is 26.5. The third-order valence-corrected chi connectivity index (χ3v) is 5.08. The Balaban J connectivity index is 1.34. The van der Waals surface area contributed by atoms with E-state index in [4.69, 9.17) is 4.74 Å². The van der Waals surface area contributed by atoms with Gasteiger partial charge in [0.05, 0.1) is 6.61 Å². The fourth-order valence-corrected chi connectivity index (χ4v) is 3.42. The molecule has 0 saturated carbocycles. The molecular formula is C23H27FN2O3. The van der Waals surface area contributed by atoms with Gasteiger partial charge in [0.15, 0.2) is 0 Å². The molecule has 6 heteroatoms. The van der Waals surface area contributed by atoms with E-state index in [2.05, 4.69) is 5.32 Å². The van der Waals surface area contributed by atoms with Crippen molar-refractivity contribution in [2.45, 2.75) is 38.6 Å². The van der Waals surface area contributed by atoms with Crippen LogP contribution in [0.25, 0.3) is 0 Å². The summed E-state index contributed by atoms with van der Waals surface area (Å²) in [6, 6.07) is 13.4. The molecule has 1 N–H and O–H groups in total. The summed E-state index contributed by atoms with van der Waals surface area (Å²) < 4.78 is 18.7. The van der Waals surface area contributed by atoms with E-state index in [0.29, 0.717) is 38.1 Å². The van der Waals surface area contributed by atoms with Crippen molar-refractivity contribution in [1.82, 2.24) is 10.2 Å². The molecule has 0 aromatic heterocycles. The Hall–Kier alpha value is -2.89. The zero-order valence-corrected chi connectivity index (χ0v) is 16.7. The lowest BCUT2D eigenvalue weighted by Crippen LogP contribution is -2.46. The Kier molecular flexibility index (Phi) is 7.22. The molecule has 29 heavy (non-hydrogen) atoms. The molecule has 1 saturated heterocycles. The largest absolute Gasteiger partial charge is 0.494 e. The first-order valence-electron chi connectivity index (χ1n) is 10.0. The number of rotatable bonds is 7. The number of nitrogens with one attached hydrogen (secondary N) is 1. The van der Waals surface area contributed by atoms with Gasteiger partial charge in [0, 0.05) is 31.1 Å². The van der Waals surface area contributed by atoms with Crippen LogP contribution < -0.4 is 10.1 Å². The molecular weight excluding hydrogens is 371 g/mol. The van der Waals surface area contributed by atoms with Crippen LogP contribution in [0.5, 0.6) is 5.75 Å². The third-order valence-electron chi connectivity index (χ3n) is 5.08. The summed E-state index contributed by atoms with van der Waals surface area (Å²) in [5, 5.41) is 2.97. The highest BCUT2D eigenvalue weighted by Gasteiger charge is 2.23. The van der Waals surface area contributed by atoms with Crippen molar-refractivity contribution >= 4 is 11.8 Å². The van der Waals surface area contributed by atoms with Gasteiger partial charge in [-0.1, -0.05) is 12.1 Å². The molecule has 1 fully saturated rings. The van der Waals surface area contributed by atoms with Gasteiger partial charge in [-0.15, -0.1) is 0 Å². The standard InChI is InChI=1S/C23H27FN2O3/c1-17-4-2-5-21(16-17)29-15-3-6-22(27)26-13-11-20(12-14-26)25-23(28)18-7-9-19(24)10-8-18/h2,4-5,7-10,16,20H,3,6,11-15H2,1H3,(H,25,28). The van der Waals surface area contributed by atoms with E-state index in [1.165, 1.54) is 24.3 Å². The van der Waals surface area contributed by atoms with Crippen molar-refractivity contribution in [3.05, 3.63) is 65.5 Å². The predicted octanol–water partition coefficient (Wildman–Crippen LogP) is 3.71. The third kappa shape index (κ3) is 6.31. The van der Waals surface area contributed by atoms with E-state index < -0.39 is 0 Å². The molecule has 154 valence electrons. The number of halogens is 1. The molecule has 5 nitrogen and oxygen atoms in total. The van der Waals surface area contributed by atoms with Crippen molar-refractivity contribution in [2.75, 3.05) is 19.7 Å². The molecule has 0 spiro atoms. The summed E-state index contributed by atoms with van der Waals surface area (Å²) in [7, 11) is 0. The monoisotopic (exact) mass is 398 g/mol. The number of benzene rings is 2. The molecule has 3 rings (SSSR count). The fourth-order valence-electron chi connectivity index (χ4n) is 3.42. The minimum atomic E-state index is -0.363. The van der Waals surface area contributed by atoms with Crippen LogP contribution in [0.3, 0.4) is 0 Å². The summed E-state index contributed by atoms with van der Waals surface area (Å²) in [5.74, 6) is 0.386. The molecule has 0 unspecified atom stereocenters. The van der Waals surface area contributed by atoms with Gasteiger partial charge >= 0.3 is 0 Å². The summed E-state index contributed by atoms with van der Waals surface area (Å²) in [5.41, 5.74) is 1.59. The highest BCUT2D eigenvalue weighted by Crippen LogP contribution is 2.15. The molecule has 1 heterocycles. The van der Waals surface area contributed by atoms with Crippen LogP contribution in [0.1, 0.15) is 41.6 Å². The van der Waals surface area contributed by atoms with E-state index in [1.54, 1.807) is 0 Å². The second-order valence-electron chi connectivity index (χ2n) is 7.40. The number of carbonyl (C=O) groups excluding carboxylic acids is 2. The number of ether oxygens (including phenoxy) is 1. The number of aryl methyl sites for hydroxylation is 1. The van der Waals surface area contributed by atoms with Crippen molar-refractivity contribution in [3.63, 3.8) is 0 Å². The molecule has 2 amide bonds. The Morgan fingerprint density at radius 1 is 1.14 bits per heavy atom. The smallest absolute Gasteiger partial charge is 0.251 e. The lowest BCUT2D eigenvalue weighted by molar-refractivity contribution is -0.132. The number of nitrogens with zero attached hydrogens (tertiary/aromatic N) is 1. The molecule has 1 aliphatic heterocycles. The first-order chi connectivity index (χ1) is 14.0. The Morgan fingerprint density at radius 3 is 2.55 bits per heavy atom. The van der Waals surface area contributed by atoms with Gasteiger partial charge in [-0.05, 0) is 68.1 Å². The van der Waals surface area contributed by atoms with Crippen LogP contribution in [-0.4, -0.2) is 42.5 Å². The normalized spacial score (nSPS) is 14.5. The van der Waals surface area contributed by atoms with E-state index in [1.807, 2.05) is 36.1 Å². The van der Waals surface area contributed by atoms with E-state index in [9.17, 15) is 14.0 Å². The Bertz CT molecular complexity index is 830. The van der Waals surface area contributed by atoms with E-state index in [-0.39, 0.29) is 23.7 Å². The number of carbonyl (C=O) groups is 2. The Morgan fingerprint density at radius 2 is 1.86 bits per heavy atom. The van der Waals surface area contributed by atoms with Crippen LogP contribution in [0.4, 0.5) is 4.39 Å². The summed E-state index contributed by atoms with van der Waals surface area (Å²) in [6.45, 7) is 3.79. The number of amides is 2. The van der Waals surface area contributed by atoms with Crippen LogP contribution in [0.2, 0.25) is 0 Å². The predicted molar refractivity (Wildman–Crippen MR) is 109 cm³/mol. The average molecular weight is 398 g/mol. The average Bonchev–Trinajstić information content (AvgIpc) is 2.72. The van der Waals surface area contributed by atoms with Crippen LogP contribution in [0, 0.1) is 12.7 Å². The molecule has 0 atom stereocenters. The molecule has 1 aliphatic rings. The Labute approximate surface area is 170 Å². The molecule has 0 aliphatic carbocycles. The number of hydrogen-bond donors (Lipinski definition) is 1. The minimum Gasteiger partial charge on any atom is -0.494 e. The van der Waals surface area contributed by atoms with Crippen LogP contribution in [-0.2, 0) is 4.79 Å². The quantitative estimate of drug-likeness (QED) is 0.724. The first kappa shape index (κ1) is 20.8. The highest BCUT2D eigenvalue weighted by molar-refractivity contribution is 5.94. The lowest BCUT2D eigenvalue weighted by atomic mass is 10.0. The van der Waals surface area contributed by atoms with Gasteiger partial charge in [-0.25, -0.2) is 4.39 Å². The maximum Gasteiger partial charge on any atom is 0.251 e. The van der Waals surface area contributed by atoms with E-state index in [0.717, 1.165) is 24.2 Å². The number of likely N-dealkylation sites (tertiary alicyclic amines) is 1. The molecule has 0 radical (unpaired) electrons. The SMILES string of the molecule is Cc1cccc(OCCCC(=O)N2CCC(NC(=O)c3ccc(F)cc3)CC2)c1. The second kappa shape index (κ2) is 10.0. The maximum atomic E-state index is 13.0. The van der Waals surface area contributed by atoms with E-state index >= 15 is 0 Å². The number of piperidine rings is 1. The fraction of sp³-hybridized carbons (Fsp3) is 0.391. The van der Waals surface area contributed by atoms with Gasteiger partial charge in [0.2, 0.25) is 5.91 Å². The van der Waals surface area contributed by atoms with Gasteiger partial charge < -0.3 is 15.0 Å². The van der Waals surface area contributed by atoms with Crippen LogP contribution in [0.15, 0.2) is 48.5 Å². The first-order valence-corrected chi connectivity index (χ1v) is 10.0. The summed E-state index contributed by atoms with van der Waals surface area (Å²) in [6.07, 6.45) is 2.57. The van der Waals surface area contributed by atoms with Crippen molar-refractivity contribution in [3.8, 4) is 5.75 Å². The second-order valence-corrected chi connectivity index (χ2v) is 7.40. The topological polar surface area (TPSA) is 58.6 Å². The number of hydrogen-bond acceptors (Lipinski definition) is 3. The lowest BCUT2D eigenvalue weighted by Gasteiger charge is -2.32. The van der Waals surface area contributed by atoms with Gasteiger partial charge in [-0.3, -0.25) is 9.59 Å². The minimum absolute atomic E-state index is 0.0289. The molecule has 2 aromatic rings. The highest BCUT2D eigenvalue weighted by atomic mass is 19.1. The van der Waals surface area contributed by atoms with Crippen molar-refractivity contribution in [2.24, 2.45) is 0 Å². The molecule has 0 bridgehead atoms. The zero-order chi connectivity index (χ0) is 20.6. The van der Waals surface area contributed by atoms with Gasteiger partial charge in [-0.2, -0.15) is 0 Å². The van der Waals surface area contributed by atoms with Gasteiger partial charge in [0.1, 0.15) is 11.6 Å². The van der Waals surface area contributed by atoms with Gasteiger partial charge in [0.25, 0.3) is 5.91 Å². The van der Waals surface area contributed by atoms with Crippen molar-refractivity contribution < 1.29 is 18.7 Å². The molecule has 2 aromatic carbocycles. The summed E-state index contributed by atoms with van der Waals surface area (Å²) >= 11 is 0. The maximum absolute atomic E-state index is 13.0.